The molecule has 2 aliphatic rings. The molecule has 1 heterocycles. The third-order valence-corrected chi connectivity index (χ3v) is 10.1. The summed E-state index contributed by atoms with van der Waals surface area (Å²) in [6.45, 7) is 0.442. The molecule has 0 amide bonds. The minimum atomic E-state index is -2.23. The van der Waals surface area contributed by atoms with Crippen LogP contribution in [-0.4, -0.2) is 59.8 Å². The fourth-order valence-electron chi connectivity index (χ4n) is 6.94. The van der Waals surface area contributed by atoms with Gasteiger partial charge in [0.2, 0.25) is 12.2 Å². The number of alkyl halides is 3. The molecule has 1 fully saturated rings. The lowest BCUT2D eigenvalue weighted by molar-refractivity contribution is -0.305. The summed E-state index contributed by atoms with van der Waals surface area (Å²) < 4.78 is 41.5. The van der Waals surface area contributed by atoms with Crippen LogP contribution in [-0.2, 0) is 53.0 Å². The van der Waals surface area contributed by atoms with Gasteiger partial charge in [-0.15, -0.1) is 0 Å². The highest BCUT2D eigenvalue weighted by molar-refractivity contribution is 6.76. The van der Waals surface area contributed by atoms with Gasteiger partial charge in [-0.05, 0) is 38.9 Å². The Bertz CT molecular complexity index is 2000. The number of carbonyl (C=O) groups is 1. The third kappa shape index (κ3) is 9.91. The fraction of sp³-hybridized carbons (Fsp3) is 0.273. The Kier molecular flexibility index (Phi) is 13.3. The predicted molar refractivity (Wildman–Crippen MR) is 214 cm³/mol. The largest absolute Gasteiger partial charge is 0.508 e. The predicted octanol–water partition coefficient (Wildman–Crippen LogP) is 9.80. The monoisotopic (exact) mass is 815 g/mol. The zero-order valence-corrected chi connectivity index (χ0v) is 32.4. The van der Waals surface area contributed by atoms with Crippen molar-refractivity contribution in [2.24, 2.45) is 0 Å². The van der Waals surface area contributed by atoms with Crippen LogP contribution in [0.25, 0.3) is 11.1 Å². The average molecular weight is 817 g/mol. The van der Waals surface area contributed by atoms with Crippen LogP contribution >= 0.6 is 34.8 Å². The minimum absolute atomic E-state index is 0.0165. The van der Waals surface area contributed by atoms with Crippen LogP contribution < -0.4 is 0 Å². The highest BCUT2D eigenvalue weighted by atomic mass is 35.6. The maximum Gasteiger partial charge on any atom is 0.508 e. The van der Waals surface area contributed by atoms with Gasteiger partial charge < -0.3 is 33.2 Å². The maximum atomic E-state index is 14.0. The summed E-state index contributed by atoms with van der Waals surface area (Å²) in [4.78, 5) is 14.0. The first kappa shape index (κ1) is 39.8. The second kappa shape index (κ2) is 18.7. The third-order valence-electron chi connectivity index (χ3n) is 9.61. The quantitative estimate of drug-likeness (QED) is 0.0512. The average Bonchev–Trinajstić information content (AvgIpc) is 3.53. The normalized spacial score (nSPS) is 20.4. The molecule has 5 aromatic carbocycles. The van der Waals surface area contributed by atoms with Crippen LogP contribution in [0.5, 0.6) is 0 Å². The molecule has 0 unspecified atom stereocenters. The van der Waals surface area contributed by atoms with Crippen molar-refractivity contribution in [1.82, 2.24) is 0 Å². The van der Waals surface area contributed by atoms with Crippen LogP contribution in [0.15, 0.2) is 140 Å². The van der Waals surface area contributed by atoms with E-state index < -0.39 is 46.6 Å². The number of halogens is 3. The van der Waals surface area contributed by atoms with Crippen molar-refractivity contribution >= 4 is 46.9 Å². The van der Waals surface area contributed by atoms with Gasteiger partial charge in [0.1, 0.15) is 18.8 Å². The number of ether oxygens (including phenoxy) is 7. The summed E-state index contributed by atoms with van der Waals surface area (Å²) in [5, 5.41) is 8.46. The van der Waals surface area contributed by atoms with Gasteiger partial charge in [-0.25, -0.2) is 4.79 Å². The van der Waals surface area contributed by atoms with Crippen molar-refractivity contribution in [2.75, 3.05) is 13.2 Å². The number of hydrogen-bond donors (Lipinski definition) is 1. The van der Waals surface area contributed by atoms with E-state index in [1.807, 2.05) is 127 Å². The minimum Gasteiger partial charge on any atom is -0.445 e. The number of benzene rings is 5. The lowest BCUT2D eigenvalue weighted by atomic mass is 9.98. The topological polar surface area (TPSA) is 106 Å². The van der Waals surface area contributed by atoms with Crippen LogP contribution in [0.1, 0.15) is 33.7 Å². The van der Waals surface area contributed by atoms with Crippen LogP contribution in [0.4, 0.5) is 4.79 Å². The molecule has 0 aromatic heterocycles. The fourth-order valence-corrected chi connectivity index (χ4v) is 7.07. The van der Waals surface area contributed by atoms with Crippen molar-refractivity contribution in [3.8, 4) is 11.1 Å². The molecule has 1 aliphatic heterocycles. The smallest absolute Gasteiger partial charge is 0.445 e. The van der Waals surface area contributed by atoms with E-state index in [0.717, 1.165) is 38.9 Å². The molecule has 5 atom stereocenters. The Morgan fingerprint density at radius 2 is 1.07 bits per heavy atom. The Hall–Kier alpha value is -4.45. The Morgan fingerprint density at radius 1 is 0.589 bits per heavy atom. The highest BCUT2D eigenvalue weighted by Crippen LogP contribution is 2.44. The zero-order valence-electron chi connectivity index (χ0n) is 30.2. The van der Waals surface area contributed by atoms with Gasteiger partial charge in [0, 0.05) is 5.92 Å². The standard InChI is InChI=1S/C44H40Cl3NO8/c45-44(46,47)42(48)56-41-40(52-26-31-18-8-3-9-19-31)39(55-43(49)53-27-36-34-22-12-10-20-32(34)33-21-11-13-23-35(33)36)38(51-25-30-16-6-2-7-17-30)37(54-41)28-50-24-29-14-4-1-5-15-29/h1-23,36-41,48H,24-28H2/t37-,38+,39+,40-,41+/m1/s1. The lowest BCUT2D eigenvalue weighted by Crippen LogP contribution is -2.62. The first-order valence-corrected chi connectivity index (χ1v) is 19.3. The Labute approximate surface area is 340 Å². The number of carbonyl (C=O) groups excluding carboxylic acids is 1. The van der Waals surface area contributed by atoms with Gasteiger partial charge in [0.25, 0.3) is 3.79 Å². The SMILES string of the molecule is N=C(O[C@@H]1O[C@H](COCc2ccccc2)[C@H](OCc2ccccc2)[C@H](OC(=O)OCC2c3ccccc3-c3ccccc32)[C@H]1OCc1ccccc1)C(Cl)(Cl)Cl. The molecule has 0 radical (unpaired) electrons. The van der Waals surface area contributed by atoms with Crippen LogP contribution in [0.3, 0.4) is 0 Å². The lowest BCUT2D eigenvalue weighted by Gasteiger charge is -2.45. The molecule has 0 bridgehead atoms. The molecular formula is C44H40Cl3NO8. The summed E-state index contributed by atoms with van der Waals surface area (Å²) >= 11 is 18.3. The Balaban J connectivity index is 1.19. The number of rotatable bonds is 14. The number of hydrogen-bond acceptors (Lipinski definition) is 9. The second-order valence-electron chi connectivity index (χ2n) is 13.4. The summed E-state index contributed by atoms with van der Waals surface area (Å²) in [5.41, 5.74) is 6.91. The molecule has 56 heavy (non-hydrogen) atoms. The molecule has 7 rings (SSSR count). The molecule has 1 saturated heterocycles. The molecule has 290 valence electrons. The van der Waals surface area contributed by atoms with E-state index in [1.54, 1.807) is 0 Å². The molecule has 0 saturated carbocycles. The second-order valence-corrected chi connectivity index (χ2v) is 15.7. The highest BCUT2D eigenvalue weighted by Gasteiger charge is 2.52. The van der Waals surface area contributed by atoms with Crippen molar-refractivity contribution in [3.05, 3.63) is 167 Å². The van der Waals surface area contributed by atoms with E-state index in [4.69, 9.17) is 73.4 Å². The number of nitrogens with one attached hydrogen (secondary N) is 1. The zero-order chi connectivity index (χ0) is 38.9. The van der Waals surface area contributed by atoms with E-state index in [-0.39, 0.29) is 39.0 Å². The van der Waals surface area contributed by atoms with Crippen molar-refractivity contribution in [2.45, 2.75) is 60.2 Å². The van der Waals surface area contributed by atoms with Crippen molar-refractivity contribution < 1.29 is 38.0 Å². The summed E-state index contributed by atoms with van der Waals surface area (Å²) in [6.07, 6.45) is -6.68. The molecule has 9 nitrogen and oxygen atoms in total. The van der Waals surface area contributed by atoms with Crippen molar-refractivity contribution in [1.29, 1.82) is 5.41 Å². The van der Waals surface area contributed by atoms with Gasteiger partial charge in [-0.3, -0.25) is 5.41 Å². The van der Waals surface area contributed by atoms with Gasteiger partial charge >= 0.3 is 6.16 Å². The van der Waals surface area contributed by atoms with E-state index in [1.165, 1.54) is 0 Å². The summed E-state index contributed by atoms with van der Waals surface area (Å²) in [5.74, 6) is -0.923. The van der Waals surface area contributed by atoms with E-state index in [9.17, 15) is 4.79 Å². The van der Waals surface area contributed by atoms with Gasteiger partial charge in [-0.2, -0.15) is 0 Å². The van der Waals surface area contributed by atoms with E-state index >= 15 is 0 Å². The summed E-state index contributed by atoms with van der Waals surface area (Å²) in [7, 11) is 0. The summed E-state index contributed by atoms with van der Waals surface area (Å²) in [6, 6.07) is 44.7. The van der Waals surface area contributed by atoms with E-state index in [2.05, 4.69) is 12.1 Å². The van der Waals surface area contributed by atoms with Gasteiger partial charge in [0.05, 0.1) is 26.4 Å². The Morgan fingerprint density at radius 3 is 1.61 bits per heavy atom. The van der Waals surface area contributed by atoms with Gasteiger partial charge in [-0.1, -0.05) is 174 Å². The molecule has 5 aromatic rings. The molecule has 1 N–H and O–H groups in total. The first-order chi connectivity index (χ1) is 27.2. The molecule has 0 spiro atoms. The van der Waals surface area contributed by atoms with Gasteiger partial charge in [0.15, 0.2) is 12.2 Å². The van der Waals surface area contributed by atoms with E-state index in [0.29, 0.717) is 0 Å². The maximum absolute atomic E-state index is 14.0. The molecular weight excluding hydrogens is 777 g/mol. The van der Waals surface area contributed by atoms with Crippen LogP contribution in [0.2, 0.25) is 0 Å². The molecule has 12 heteroatoms. The van der Waals surface area contributed by atoms with Crippen LogP contribution in [0, 0.1) is 5.41 Å². The first-order valence-electron chi connectivity index (χ1n) is 18.2. The molecule has 1 aliphatic carbocycles. The number of fused-ring (bicyclic) bond motifs is 3. The van der Waals surface area contributed by atoms with Crippen molar-refractivity contribution in [3.63, 3.8) is 0 Å².